The van der Waals surface area contributed by atoms with E-state index in [0.29, 0.717) is 12.2 Å². The van der Waals surface area contributed by atoms with Crippen molar-refractivity contribution < 1.29 is 32.3 Å². The Kier molecular flexibility index (Phi) is 10.7. The zero-order chi connectivity index (χ0) is 29.1. The molecular weight excluding hydrogens is 523 g/mol. The van der Waals surface area contributed by atoms with Crippen molar-refractivity contribution in [2.45, 2.75) is 45.7 Å². The average Bonchev–Trinajstić information content (AvgIpc) is 2.93. The highest BCUT2D eigenvalue weighted by atomic mass is 19.4. The van der Waals surface area contributed by atoms with Crippen LogP contribution < -0.4 is 20.7 Å². The lowest BCUT2D eigenvalue weighted by Crippen LogP contribution is -2.31. The van der Waals surface area contributed by atoms with Crippen molar-refractivity contribution in [2.75, 3.05) is 17.2 Å². The first-order valence-corrected chi connectivity index (χ1v) is 13.0. The Balaban J connectivity index is 1.77. The normalized spacial score (nSPS) is 11.8. The number of urea groups is 1. The minimum absolute atomic E-state index is 0.0435. The van der Waals surface area contributed by atoms with E-state index in [0.717, 1.165) is 49.9 Å². The molecule has 0 saturated heterocycles. The van der Waals surface area contributed by atoms with E-state index in [1.54, 1.807) is 30.3 Å². The number of carbonyl (C=O) groups is 3. The molecule has 212 valence electrons. The van der Waals surface area contributed by atoms with Crippen LogP contribution in [0.4, 0.5) is 29.3 Å². The van der Waals surface area contributed by atoms with E-state index >= 15 is 0 Å². The number of rotatable bonds is 11. The summed E-state index contributed by atoms with van der Waals surface area (Å²) >= 11 is 0. The molecule has 0 spiro atoms. The van der Waals surface area contributed by atoms with Crippen molar-refractivity contribution in [3.63, 3.8) is 0 Å². The fourth-order valence-corrected chi connectivity index (χ4v) is 3.88. The predicted octanol–water partition coefficient (Wildman–Crippen LogP) is 7.51. The Hall–Kier alpha value is -4.34. The molecule has 0 heterocycles. The van der Waals surface area contributed by atoms with Crippen LogP contribution in [0.15, 0.2) is 72.8 Å². The number of ether oxygens (including phenoxy) is 1. The van der Waals surface area contributed by atoms with Crippen molar-refractivity contribution in [3.05, 3.63) is 89.5 Å². The Morgan fingerprint density at radius 2 is 1.50 bits per heavy atom. The highest BCUT2D eigenvalue weighted by molar-refractivity contribution is 6.12. The number of carbonyl (C=O) groups excluding carboxylic acids is 3. The van der Waals surface area contributed by atoms with Gasteiger partial charge in [0.15, 0.2) is 0 Å². The summed E-state index contributed by atoms with van der Waals surface area (Å²) in [6.07, 6.45) is -0.502. The lowest BCUT2D eigenvalue weighted by atomic mass is 10.0. The number of benzene rings is 3. The second-order valence-electron chi connectivity index (χ2n) is 9.24. The van der Waals surface area contributed by atoms with Crippen molar-refractivity contribution in [1.82, 2.24) is 5.32 Å². The lowest BCUT2D eigenvalue weighted by molar-refractivity contribution is -0.137. The number of hydrogen-bond donors (Lipinski definition) is 3. The number of halogens is 3. The van der Waals surface area contributed by atoms with E-state index in [2.05, 4.69) is 29.8 Å². The molecule has 3 N–H and O–H groups in total. The predicted molar refractivity (Wildman–Crippen MR) is 148 cm³/mol. The summed E-state index contributed by atoms with van der Waals surface area (Å²) in [5, 5.41) is 7.35. The fourth-order valence-electron chi connectivity index (χ4n) is 3.88. The van der Waals surface area contributed by atoms with Gasteiger partial charge in [-0.3, -0.25) is 14.9 Å². The second-order valence-corrected chi connectivity index (χ2v) is 9.24. The minimum Gasteiger partial charge on any atom is -0.492 e. The molecule has 0 aliphatic rings. The molecule has 0 fully saturated rings. The van der Waals surface area contributed by atoms with Crippen LogP contribution in [-0.4, -0.2) is 24.5 Å². The second kappa shape index (κ2) is 14.2. The van der Waals surface area contributed by atoms with Crippen molar-refractivity contribution in [2.24, 2.45) is 5.92 Å². The molecule has 0 bridgehead atoms. The third kappa shape index (κ3) is 8.86. The Labute approximate surface area is 231 Å². The van der Waals surface area contributed by atoms with Gasteiger partial charge < -0.3 is 15.4 Å². The molecule has 0 radical (unpaired) electrons. The van der Waals surface area contributed by atoms with Crippen LogP contribution in [0.5, 0.6) is 5.75 Å². The van der Waals surface area contributed by atoms with E-state index < -0.39 is 29.6 Å². The van der Waals surface area contributed by atoms with Gasteiger partial charge in [0.25, 0.3) is 11.8 Å². The van der Waals surface area contributed by atoms with Crippen LogP contribution in [0.25, 0.3) is 0 Å². The molecule has 3 rings (SSSR count). The number of nitrogens with one attached hydrogen (secondary N) is 3. The van der Waals surface area contributed by atoms with Gasteiger partial charge in [-0.2, -0.15) is 13.2 Å². The largest absolute Gasteiger partial charge is 0.492 e. The van der Waals surface area contributed by atoms with E-state index in [-0.39, 0.29) is 28.6 Å². The van der Waals surface area contributed by atoms with E-state index in [1.807, 2.05) is 0 Å². The van der Waals surface area contributed by atoms with Crippen molar-refractivity contribution in [1.29, 1.82) is 0 Å². The first kappa shape index (κ1) is 30.2. The standard InChI is InChI=1S/C30H32F3N3O4/c1-3-5-9-20(4-2)19-40-26-17-16-24(18-25(26)28(38)36-27(37)21-10-7-6-8-11-21)35-29(39)34-23-14-12-22(13-15-23)30(31,32)33/h6-8,10-18,20H,3-5,9,19H2,1-2H3,(H2,34,35,39)(H,36,37,38). The maximum Gasteiger partial charge on any atom is 0.416 e. The zero-order valence-corrected chi connectivity index (χ0v) is 22.3. The van der Waals surface area contributed by atoms with Crippen LogP contribution in [0.2, 0.25) is 0 Å². The van der Waals surface area contributed by atoms with Gasteiger partial charge in [0.2, 0.25) is 0 Å². The van der Waals surface area contributed by atoms with Gasteiger partial charge >= 0.3 is 12.2 Å². The first-order valence-electron chi connectivity index (χ1n) is 13.0. The number of amides is 4. The molecule has 1 unspecified atom stereocenters. The molecule has 3 aromatic rings. The summed E-state index contributed by atoms with van der Waals surface area (Å²) in [5.41, 5.74) is -0.132. The van der Waals surface area contributed by atoms with Gasteiger partial charge in [-0.25, -0.2) is 4.79 Å². The fraction of sp³-hybridized carbons (Fsp3) is 0.300. The van der Waals surface area contributed by atoms with E-state index in [4.69, 9.17) is 4.74 Å². The number of anilines is 2. The summed E-state index contributed by atoms with van der Waals surface area (Å²) in [6.45, 7) is 4.56. The molecule has 0 aliphatic carbocycles. The van der Waals surface area contributed by atoms with Crippen molar-refractivity contribution >= 4 is 29.2 Å². The molecule has 0 aromatic heterocycles. The quantitative estimate of drug-likeness (QED) is 0.213. The first-order chi connectivity index (χ1) is 19.1. The minimum atomic E-state index is -4.49. The van der Waals surface area contributed by atoms with Crippen LogP contribution >= 0.6 is 0 Å². The summed E-state index contributed by atoms with van der Waals surface area (Å²) in [7, 11) is 0. The topological polar surface area (TPSA) is 96.5 Å². The van der Waals surface area contributed by atoms with Gasteiger partial charge in [-0.15, -0.1) is 0 Å². The van der Waals surface area contributed by atoms with Crippen LogP contribution in [0.3, 0.4) is 0 Å². The number of unbranched alkanes of at least 4 members (excludes halogenated alkanes) is 1. The zero-order valence-electron chi connectivity index (χ0n) is 22.3. The van der Waals surface area contributed by atoms with Crippen LogP contribution in [0.1, 0.15) is 65.8 Å². The Morgan fingerprint density at radius 3 is 2.12 bits per heavy atom. The van der Waals surface area contributed by atoms with Crippen LogP contribution in [0, 0.1) is 5.92 Å². The monoisotopic (exact) mass is 555 g/mol. The number of imide groups is 1. The number of hydrogen-bond acceptors (Lipinski definition) is 4. The average molecular weight is 556 g/mol. The third-order valence-electron chi connectivity index (χ3n) is 6.23. The highest BCUT2D eigenvalue weighted by Gasteiger charge is 2.30. The number of alkyl halides is 3. The van der Waals surface area contributed by atoms with Gasteiger partial charge in [-0.05, 0) is 66.9 Å². The summed E-state index contributed by atoms with van der Waals surface area (Å²) < 4.78 is 44.4. The van der Waals surface area contributed by atoms with Crippen molar-refractivity contribution in [3.8, 4) is 5.75 Å². The van der Waals surface area contributed by atoms with Gasteiger partial charge in [-0.1, -0.05) is 51.3 Å². The molecule has 10 heteroatoms. The molecule has 4 amide bonds. The highest BCUT2D eigenvalue weighted by Crippen LogP contribution is 2.30. The summed E-state index contributed by atoms with van der Waals surface area (Å²) in [4.78, 5) is 38.3. The molecule has 0 saturated carbocycles. The van der Waals surface area contributed by atoms with Gasteiger partial charge in [0, 0.05) is 16.9 Å². The SMILES string of the molecule is CCCCC(CC)COc1ccc(NC(=O)Nc2ccc(C(F)(F)F)cc2)cc1C(=O)NC(=O)c1ccccc1. The van der Waals surface area contributed by atoms with Gasteiger partial charge in [0.1, 0.15) is 5.75 Å². The molecule has 40 heavy (non-hydrogen) atoms. The lowest BCUT2D eigenvalue weighted by Gasteiger charge is -2.18. The molecule has 0 aliphatic heterocycles. The Bertz CT molecular complexity index is 1300. The summed E-state index contributed by atoms with van der Waals surface area (Å²) in [5.74, 6) is -0.766. The molecular formula is C30H32F3N3O4. The van der Waals surface area contributed by atoms with E-state index in [1.165, 1.54) is 18.2 Å². The van der Waals surface area contributed by atoms with Gasteiger partial charge in [0.05, 0.1) is 17.7 Å². The molecule has 3 aromatic carbocycles. The third-order valence-corrected chi connectivity index (χ3v) is 6.23. The molecule has 7 nitrogen and oxygen atoms in total. The summed E-state index contributed by atoms with van der Waals surface area (Å²) in [6, 6.07) is 15.9. The van der Waals surface area contributed by atoms with Crippen LogP contribution in [-0.2, 0) is 6.18 Å². The maximum atomic E-state index is 13.1. The Morgan fingerprint density at radius 1 is 0.850 bits per heavy atom. The smallest absolute Gasteiger partial charge is 0.416 e. The maximum absolute atomic E-state index is 13.1. The van der Waals surface area contributed by atoms with E-state index in [9.17, 15) is 27.6 Å². The molecule has 1 atom stereocenters.